The molecule has 1 saturated heterocycles. The molecule has 1 N–H and O–H groups in total. The molecule has 19 heavy (non-hydrogen) atoms. The van der Waals surface area contributed by atoms with Crippen molar-refractivity contribution in [1.29, 1.82) is 0 Å². The van der Waals surface area contributed by atoms with Gasteiger partial charge in [0.15, 0.2) is 0 Å². The lowest BCUT2D eigenvalue weighted by Crippen LogP contribution is -2.43. The summed E-state index contributed by atoms with van der Waals surface area (Å²) < 4.78 is 8.01. The highest BCUT2D eigenvalue weighted by atomic mass is 79.9. The highest BCUT2D eigenvalue weighted by Gasteiger charge is 2.17. The third-order valence-corrected chi connectivity index (χ3v) is 4.50. The molecule has 4 nitrogen and oxygen atoms in total. The van der Waals surface area contributed by atoms with Crippen LogP contribution in [0.2, 0.25) is 0 Å². The lowest BCUT2D eigenvalue weighted by Gasteiger charge is -2.27. The molecule has 0 bridgehead atoms. The molecule has 1 fully saturated rings. The number of nitrogens with zero attached hydrogens (tertiary/aromatic N) is 1. The van der Waals surface area contributed by atoms with E-state index in [4.69, 9.17) is 4.74 Å². The minimum absolute atomic E-state index is 0.0880. The van der Waals surface area contributed by atoms with Crippen LogP contribution >= 0.6 is 47.8 Å². The Balaban J connectivity index is 1.96. The molecule has 0 radical (unpaired) electrons. The highest BCUT2D eigenvalue weighted by Crippen LogP contribution is 2.34. The monoisotopic (exact) mass is 454 g/mol. The molecular formula is C12H13Br3N2O2. The zero-order valence-electron chi connectivity index (χ0n) is 10.1. The van der Waals surface area contributed by atoms with E-state index in [0.717, 1.165) is 19.1 Å². The molecule has 1 aromatic carbocycles. The van der Waals surface area contributed by atoms with Crippen LogP contribution in [0.1, 0.15) is 0 Å². The minimum atomic E-state index is 0.0880. The second-order valence-corrected chi connectivity index (χ2v) is 6.72. The van der Waals surface area contributed by atoms with Crippen molar-refractivity contribution in [3.05, 3.63) is 25.6 Å². The fourth-order valence-electron chi connectivity index (χ4n) is 1.80. The first-order valence-electron chi connectivity index (χ1n) is 5.82. The predicted molar refractivity (Wildman–Crippen MR) is 85.4 cm³/mol. The predicted octanol–water partition coefficient (Wildman–Crippen LogP) is 3.24. The standard InChI is InChI=1S/C12H13Br3N2O2/c13-8-5-9(14)12(10(15)6-8)16-7-11(18)17-1-3-19-4-2-17/h5-6,16H,1-4,7H2. The van der Waals surface area contributed by atoms with Crippen LogP contribution in [0, 0.1) is 0 Å². The first-order chi connectivity index (χ1) is 9.08. The molecule has 7 heteroatoms. The first kappa shape index (κ1) is 15.3. The van der Waals surface area contributed by atoms with Crippen LogP contribution in [0.15, 0.2) is 25.6 Å². The van der Waals surface area contributed by atoms with Gasteiger partial charge in [-0.25, -0.2) is 0 Å². The molecule has 1 aliphatic heterocycles. The van der Waals surface area contributed by atoms with Crippen LogP contribution in [0.3, 0.4) is 0 Å². The van der Waals surface area contributed by atoms with E-state index in [1.54, 1.807) is 0 Å². The number of benzene rings is 1. The molecule has 0 aliphatic carbocycles. The summed E-state index contributed by atoms with van der Waals surface area (Å²) in [6.07, 6.45) is 0. The van der Waals surface area contributed by atoms with E-state index < -0.39 is 0 Å². The summed E-state index contributed by atoms with van der Waals surface area (Å²) in [5, 5.41) is 3.16. The van der Waals surface area contributed by atoms with Gasteiger partial charge in [-0.1, -0.05) is 15.9 Å². The van der Waals surface area contributed by atoms with Crippen LogP contribution in [0.5, 0.6) is 0 Å². The lowest BCUT2D eigenvalue weighted by atomic mass is 10.3. The van der Waals surface area contributed by atoms with Gasteiger partial charge in [-0.15, -0.1) is 0 Å². The Morgan fingerprint density at radius 1 is 1.21 bits per heavy atom. The van der Waals surface area contributed by atoms with Gasteiger partial charge >= 0.3 is 0 Å². The summed E-state index contributed by atoms with van der Waals surface area (Å²) in [7, 11) is 0. The number of anilines is 1. The van der Waals surface area contributed by atoms with Crippen LogP contribution in [-0.2, 0) is 9.53 Å². The van der Waals surface area contributed by atoms with Crippen molar-refractivity contribution in [3.63, 3.8) is 0 Å². The molecule has 104 valence electrons. The Bertz CT molecular complexity index is 453. The molecule has 0 atom stereocenters. The number of carbonyl (C=O) groups excluding carboxylic acids is 1. The van der Waals surface area contributed by atoms with E-state index in [0.29, 0.717) is 26.3 Å². The summed E-state index contributed by atoms with van der Waals surface area (Å²) >= 11 is 10.4. The maximum Gasteiger partial charge on any atom is 0.242 e. The van der Waals surface area contributed by atoms with Crippen LogP contribution in [0.25, 0.3) is 0 Å². The maximum absolute atomic E-state index is 12.0. The van der Waals surface area contributed by atoms with Gasteiger partial charge < -0.3 is 15.0 Å². The van der Waals surface area contributed by atoms with Crippen molar-refractivity contribution in [2.45, 2.75) is 0 Å². The number of morpholine rings is 1. The summed E-state index contributed by atoms with van der Waals surface area (Å²) in [5.41, 5.74) is 0.879. The lowest BCUT2D eigenvalue weighted by molar-refractivity contribution is -0.133. The molecule has 1 amide bonds. The summed E-state index contributed by atoms with van der Waals surface area (Å²) in [5.74, 6) is 0.0880. The van der Waals surface area contributed by atoms with E-state index in [9.17, 15) is 4.79 Å². The number of carbonyl (C=O) groups is 1. The second kappa shape index (κ2) is 7.06. The molecule has 1 heterocycles. The van der Waals surface area contributed by atoms with Crippen molar-refractivity contribution < 1.29 is 9.53 Å². The van der Waals surface area contributed by atoms with Gasteiger partial charge in [0.25, 0.3) is 0 Å². The highest BCUT2D eigenvalue weighted by molar-refractivity contribution is 9.11. The average molecular weight is 457 g/mol. The van der Waals surface area contributed by atoms with Gasteiger partial charge in [-0.3, -0.25) is 4.79 Å². The zero-order chi connectivity index (χ0) is 13.8. The van der Waals surface area contributed by atoms with Crippen molar-refractivity contribution in [2.24, 2.45) is 0 Å². The van der Waals surface area contributed by atoms with E-state index in [1.165, 1.54) is 0 Å². The van der Waals surface area contributed by atoms with Gasteiger partial charge in [0, 0.05) is 26.5 Å². The molecule has 0 spiro atoms. The molecule has 1 aliphatic rings. The number of hydrogen-bond acceptors (Lipinski definition) is 3. The number of rotatable bonds is 3. The summed E-state index contributed by atoms with van der Waals surface area (Å²) in [6, 6.07) is 3.87. The van der Waals surface area contributed by atoms with Gasteiger partial charge in [-0.05, 0) is 44.0 Å². The molecule has 2 rings (SSSR count). The fourth-order valence-corrected chi connectivity index (χ4v) is 4.34. The van der Waals surface area contributed by atoms with Crippen LogP contribution < -0.4 is 5.32 Å². The van der Waals surface area contributed by atoms with Crippen molar-refractivity contribution >= 4 is 59.4 Å². The SMILES string of the molecule is O=C(CNc1c(Br)cc(Br)cc1Br)N1CCOCC1. The van der Waals surface area contributed by atoms with Crippen LogP contribution in [-0.4, -0.2) is 43.7 Å². The van der Waals surface area contributed by atoms with Gasteiger partial charge in [0.05, 0.1) is 25.4 Å². The van der Waals surface area contributed by atoms with E-state index in [2.05, 4.69) is 53.1 Å². The van der Waals surface area contributed by atoms with Crippen LogP contribution in [0.4, 0.5) is 5.69 Å². The van der Waals surface area contributed by atoms with E-state index in [1.807, 2.05) is 17.0 Å². The minimum Gasteiger partial charge on any atom is -0.378 e. The van der Waals surface area contributed by atoms with Crippen molar-refractivity contribution in [1.82, 2.24) is 4.90 Å². The summed E-state index contributed by atoms with van der Waals surface area (Å²) in [4.78, 5) is 13.8. The number of hydrogen-bond donors (Lipinski definition) is 1. The third-order valence-electron chi connectivity index (χ3n) is 2.79. The Morgan fingerprint density at radius 2 is 1.79 bits per heavy atom. The van der Waals surface area contributed by atoms with E-state index >= 15 is 0 Å². The van der Waals surface area contributed by atoms with Gasteiger partial charge in [0.1, 0.15) is 0 Å². The Hall–Kier alpha value is -0.110. The van der Waals surface area contributed by atoms with Crippen molar-refractivity contribution in [3.8, 4) is 0 Å². The topological polar surface area (TPSA) is 41.6 Å². The van der Waals surface area contributed by atoms with Gasteiger partial charge in [-0.2, -0.15) is 0 Å². The fraction of sp³-hybridized carbons (Fsp3) is 0.417. The Labute approximate surface area is 137 Å². The van der Waals surface area contributed by atoms with Crippen molar-refractivity contribution in [2.75, 3.05) is 38.2 Å². The number of amides is 1. The quantitative estimate of drug-likeness (QED) is 0.759. The van der Waals surface area contributed by atoms with Gasteiger partial charge in [0.2, 0.25) is 5.91 Å². The summed E-state index contributed by atoms with van der Waals surface area (Å²) in [6.45, 7) is 2.86. The average Bonchev–Trinajstić information content (AvgIpc) is 2.38. The molecule has 0 saturated carbocycles. The molecular weight excluding hydrogens is 444 g/mol. The third kappa shape index (κ3) is 4.18. The smallest absolute Gasteiger partial charge is 0.242 e. The normalized spacial score (nSPS) is 15.4. The number of nitrogens with one attached hydrogen (secondary N) is 1. The number of halogens is 3. The maximum atomic E-state index is 12.0. The Kier molecular flexibility index (Phi) is 5.68. The molecule has 1 aromatic rings. The van der Waals surface area contributed by atoms with E-state index in [-0.39, 0.29) is 12.5 Å². The zero-order valence-corrected chi connectivity index (χ0v) is 14.8. The number of ether oxygens (including phenoxy) is 1. The second-order valence-electron chi connectivity index (χ2n) is 4.09. The first-order valence-corrected chi connectivity index (χ1v) is 8.20. The molecule has 0 unspecified atom stereocenters. The molecule has 0 aromatic heterocycles. The largest absolute Gasteiger partial charge is 0.378 e. The Morgan fingerprint density at radius 3 is 2.37 bits per heavy atom.